The maximum atomic E-state index is 12.1. The first-order valence-corrected chi connectivity index (χ1v) is 9.84. The van der Waals surface area contributed by atoms with Crippen LogP contribution < -0.4 is 0 Å². The lowest BCUT2D eigenvalue weighted by Gasteiger charge is -2.35. The second kappa shape index (κ2) is 10.1. The van der Waals surface area contributed by atoms with E-state index >= 15 is 0 Å². The van der Waals surface area contributed by atoms with Gasteiger partial charge in [-0.2, -0.15) is 0 Å². The molecule has 1 heterocycles. The molecular weight excluding hydrogens is 344 g/mol. The van der Waals surface area contributed by atoms with Crippen molar-refractivity contribution in [1.82, 2.24) is 9.80 Å². The average molecular weight is 379 g/mol. The summed E-state index contributed by atoms with van der Waals surface area (Å²) in [6, 6.07) is 8.39. The maximum absolute atomic E-state index is 12.1. The number of hydrogen-bond donors (Lipinski definition) is 0. The van der Waals surface area contributed by atoms with Crippen molar-refractivity contribution in [2.45, 2.75) is 53.1 Å². The van der Waals surface area contributed by atoms with Crippen molar-refractivity contribution in [3.8, 4) is 0 Å². The molecule has 0 aromatic heterocycles. The van der Waals surface area contributed by atoms with Gasteiger partial charge in [0.15, 0.2) is 6.29 Å². The summed E-state index contributed by atoms with van der Waals surface area (Å²) in [5.41, 5.74) is 1.84. The number of ether oxygens (including phenoxy) is 3. The molecule has 0 radical (unpaired) electrons. The van der Waals surface area contributed by atoms with Crippen LogP contribution >= 0.6 is 0 Å². The van der Waals surface area contributed by atoms with Gasteiger partial charge in [0.1, 0.15) is 5.60 Å². The van der Waals surface area contributed by atoms with Crippen LogP contribution in [0.3, 0.4) is 0 Å². The van der Waals surface area contributed by atoms with Crippen LogP contribution in [0.5, 0.6) is 0 Å². The summed E-state index contributed by atoms with van der Waals surface area (Å²) in [7, 11) is 0. The van der Waals surface area contributed by atoms with Gasteiger partial charge in [-0.1, -0.05) is 24.3 Å². The van der Waals surface area contributed by atoms with Gasteiger partial charge in [0.25, 0.3) is 0 Å². The molecule has 0 N–H and O–H groups in total. The molecule has 0 unspecified atom stereocenters. The quantitative estimate of drug-likeness (QED) is 0.675. The summed E-state index contributed by atoms with van der Waals surface area (Å²) >= 11 is 0. The van der Waals surface area contributed by atoms with E-state index in [0.717, 1.165) is 25.2 Å². The molecule has 0 spiro atoms. The molecule has 1 amide bonds. The van der Waals surface area contributed by atoms with Crippen molar-refractivity contribution >= 4 is 6.09 Å². The monoisotopic (exact) mass is 378 g/mol. The number of rotatable bonds is 7. The van der Waals surface area contributed by atoms with E-state index in [1.807, 2.05) is 34.6 Å². The smallest absolute Gasteiger partial charge is 0.410 e. The second-order valence-electron chi connectivity index (χ2n) is 7.73. The largest absolute Gasteiger partial charge is 0.444 e. The Bertz CT molecular complexity index is 569. The van der Waals surface area contributed by atoms with Crippen molar-refractivity contribution in [2.24, 2.45) is 0 Å². The van der Waals surface area contributed by atoms with Gasteiger partial charge in [-0.05, 0) is 40.2 Å². The Kier molecular flexibility index (Phi) is 8.07. The van der Waals surface area contributed by atoms with Crippen LogP contribution in [0.15, 0.2) is 24.3 Å². The zero-order valence-electron chi connectivity index (χ0n) is 17.4. The highest BCUT2D eigenvalue weighted by atomic mass is 16.7. The van der Waals surface area contributed by atoms with E-state index in [1.54, 1.807) is 4.90 Å². The Morgan fingerprint density at radius 3 is 2.04 bits per heavy atom. The molecule has 0 bridgehead atoms. The number of hydrogen-bond acceptors (Lipinski definition) is 5. The molecule has 1 saturated heterocycles. The molecule has 6 heteroatoms. The standard InChI is InChI=1S/C21H34N2O4/c1-6-25-19(26-7-2)18-10-8-17(9-11-18)16-22-12-14-23(15-13-22)20(24)27-21(3,4)5/h8-11,19H,6-7,12-16H2,1-5H3. The van der Waals surface area contributed by atoms with Crippen LogP contribution in [0.2, 0.25) is 0 Å². The Morgan fingerprint density at radius 1 is 1.00 bits per heavy atom. The lowest BCUT2D eigenvalue weighted by molar-refractivity contribution is -0.140. The fourth-order valence-corrected chi connectivity index (χ4v) is 3.00. The lowest BCUT2D eigenvalue weighted by atomic mass is 10.1. The molecule has 0 aliphatic carbocycles. The minimum atomic E-state index is -0.448. The molecule has 1 fully saturated rings. The zero-order valence-corrected chi connectivity index (χ0v) is 17.4. The fourth-order valence-electron chi connectivity index (χ4n) is 3.00. The molecule has 1 aliphatic rings. The summed E-state index contributed by atoms with van der Waals surface area (Å²) in [4.78, 5) is 16.3. The summed E-state index contributed by atoms with van der Waals surface area (Å²) < 4.78 is 16.7. The van der Waals surface area contributed by atoms with Crippen LogP contribution in [0.25, 0.3) is 0 Å². The topological polar surface area (TPSA) is 51.2 Å². The zero-order chi connectivity index (χ0) is 19.9. The third-order valence-electron chi connectivity index (χ3n) is 4.32. The number of piperazine rings is 1. The lowest BCUT2D eigenvalue weighted by Crippen LogP contribution is -2.49. The van der Waals surface area contributed by atoms with Gasteiger partial charge in [-0.15, -0.1) is 0 Å². The first-order valence-electron chi connectivity index (χ1n) is 9.84. The van der Waals surface area contributed by atoms with Crippen LogP contribution in [-0.4, -0.2) is 60.9 Å². The predicted molar refractivity (Wildman–Crippen MR) is 106 cm³/mol. The normalized spacial score (nSPS) is 16.0. The first-order chi connectivity index (χ1) is 12.8. The van der Waals surface area contributed by atoms with Gasteiger partial charge in [0.05, 0.1) is 0 Å². The number of amides is 1. The molecule has 6 nitrogen and oxygen atoms in total. The molecule has 2 rings (SSSR count). The van der Waals surface area contributed by atoms with Gasteiger partial charge in [0, 0.05) is 51.5 Å². The number of carbonyl (C=O) groups is 1. The minimum Gasteiger partial charge on any atom is -0.444 e. The molecular formula is C21H34N2O4. The van der Waals surface area contributed by atoms with E-state index in [2.05, 4.69) is 29.2 Å². The van der Waals surface area contributed by atoms with Crippen molar-refractivity contribution in [3.63, 3.8) is 0 Å². The van der Waals surface area contributed by atoms with Crippen molar-refractivity contribution in [1.29, 1.82) is 0 Å². The van der Waals surface area contributed by atoms with Gasteiger partial charge < -0.3 is 19.1 Å². The number of benzene rings is 1. The highest BCUT2D eigenvalue weighted by Gasteiger charge is 2.25. The van der Waals surface area contributed by atoms with Crippen LogP contribution in [0, 0.1) is 0 Å². The highest BCUT2D eigenvalue weighted by molar-refractivity contribution is 5.68. The van der Waals surface area contributed by atoms with E-state index in [9.17, 15) is 4.79 Å². The van der Waals surface area contributed by atoms with Gasteiger partial charge in [0.2, 0.25) is 0 Å². The van der Waals surface area contributed by atoms with Crippen LogP contribution in [0.1, 0.15) is 52.0 Å². The maximum Gasteiger partial charge on any atom is 0.410 e. The molecule has 152 valence electrons. The Balaban J connectivity index is 1.84. The van der Waals surface area contributed by atoms with Gasteiger partial charge in [-0.3, -0.25) is 4.90 Å². The van der Waals surface area contributed by atoms with E-state index in [0.29, 0.717) is 26.3 Å². The highest BCUT2D eigenvalue weighted by Crippen LogP contribution is 2.20. The Morgan fingerprint density at radius 2 is 1.56 bits per heavy atom. The van der Waals surface area contributed by atoms with E-state index in [4.69, 9.17) is 14.2 Å². The summed E-state index contributed by atoms with van der Waals surface area (Å²) in [6.45, 7) is 14.8. The Hall–Kier alpha value is -1.63. The Labute approximate surface area is 163 Å². The average Bonchev–Trinajstić information content (AvgIpc) is 2.61. The van der Waals surface area contributed by atoms with E-state index in [-0.39, 0.29) is 12.4 Å². The van der Waals surface area contributed by atoms with Gasteiger partial charge in [-0.25, -0.2) is 4.79 Å². The predicted octanol–water partition coefficient (Wildman–Crippen LogP) is 3.81. The molecule has 1 aliphatic heterocycles. The number of nitrogens with zero attached hydrogens (tertiary/aromatic N) is 2. The van der Waals surface area contributed by atoms with Crippen LogP contribution in [-0.2, 0) is 20.8 Å². The van der Waals surface area contributed by atoms with Gasteiger partial charge >= 0.3 is 6.09 Å². The first kappa shape index (κ1) is 21.7. The van der Waals surface area contributed by atoms with Crippen LogP contribution in [0.4, 0.5) is 4.79 Å². The molecule has 1 aromatic rings. The number of carbonyl (C=O) groups excluding carboxylic acids is 1. The van der Waals surface area contributed by atoms with Crippen molar-refractivity contribution < 1.29 is 19.0 Å². The third-order valence-corrected chi connectivity index (χ3v) is 4.32. The van der Waals surface area contributed by atoms with Crippen molar-refractivity contribution in [3.05, 3.63) is 35.4 Å². The fraction of sp³-hybridized carbons (Fsp3) is 0.667. The summed E-state index contributed by atoms with van der Waals surface area (Å²) in [6.07, 6.45) is -0.518. The molecule has 0 atom stereocenters. The molecule has 1 aromatic carbocycles. The van der Waals surface area contributed by atoms with E-state index < -0.39 is 5.60 Å². The second-order valence-corrected chi connectivity index (χ2v) is 7.73. The van der Waals surface area contributed by atoms with E-state index in [1.165, 1.54) is 5.56 Å². The molecule has 27 heavy (non-hydrogen) atoms. The minimum absolute atomic E-state index is 0.218. The molecule has 0 saturated carbocycles. The summed E-state index contributed by atoms with van der Waals surface area (Å²) in [5, 5.41) is 0. The SMILES string of the molecule is CCOC(OCC)c1ccc(CN2CCN(C(=O)OC(C)(C)C)CC2)cc1. The van der Waals surface area contributed by atoms with Crippen molar-refractivity contribution in [2.75, 3.05) is 39.4 Å². The third kappa shape index (κ3) is 7.13. The summed E-state index contributed by atoms with van der Waals surface area (Å²) in [5.74, 6) is 0.